The predicted octanol–water partition coefficient (Wildman–Crippen LogP) is 6.44. The van der Waals surface area contributed by atoms with Crippen LogP contribution in [0, 0.1) is 11.6 Å². The summed E-state index contributed by atoms with van der Waals surface area (Å²) < 4.78 is 33.7. The number of rotatable bonds is 8. The maximum atomic E-state index is 15.2. The van der Waals surface area contributed by atoms with Crippen LogP contribution in [0.15, 0.2) is 73.1 Å². The number of benzene rings is 2. The van der Waals surface area contributed by atoms with Gasteiger partial charge in [-0.3, -0.25) is 4.79 Å². The van der Waals surface area contributed by atoms with Crippen molar-refractivity contribution in [1.29, 1.82) is 0 Å². The Balaban J connectivity index is 1.65. The number of nitrogens with zero attached hydrogens (tertiary/aromatic N) is 2. The van der Waals surface area contributed by atoms with E-state index in [1.54, 1.807) is 42.5 Å². The SMILES string of the molecule is COc1ccc(-c2cc(NC(C)c3ccc(F)cc3)c(NC(=O)Cc3ccc(Cl)nc3)cc2F)cn1. The van der Waals surface area contributed by atoms with E-state index in [-0.39, 0.29) is 29.9 Å². The van der Waals surface area contributed by atoms with Crippen LogP contribution in [0.3, 0.4) is 0 Å². The molecule has 6 nitrogen and oxygen atoms in total. The summed E-state index contributed by atoms with van der Waals surface area (Å²) in [4.78, 5) is 20.9. The van der Waals surface area contributed by atoms with Gasteiger partial charge < -0.3 is 15.4 Å². The summed E-state index contributed by atoms with van der Waals surface area (Å²) in [5.41, 5.74) is 3.06. The molecule has 4 aromatic rings. The first kappa shape index (κ1) is 25.1. The lowest BCUT2D eigenvalue weighted by Gasteiger charge is -2.20. The molecule has 0 bridgehead atoms. The Kier molecular flexibility index (Phi) is 7.75. The number of hydrogen-bond acceptors (Lipinski definition) is 5. The van der Waals surface area contributed by atoms with E-state index in [4.69, 9.17) is 16.3 Å². The zero-order chi connectivity index (χ0) is 25.7. The summed E-state index contributed by atoms with van der Waals surface area (Å²) in [7, 11) is 1.50. The van der Waals surface area contributed by atoms with Gasteiger partial charge in [-0.05, 0) is 48.4 Å². The highest BCUT2D eigenvalue weighted by Crippen LogP contribution is 2.34. The van der Waals surface area contributed by atoms with Crippen LogP contribution in [0.5, 0.6) is 5.88 Å². The third-order valence-electron chi connectivity index (χ3n) is 5.53. The third kappa shape index (κ3) is 6.14. The van der Waals surface area contributed by atoms with E-state index in [9.17, 15) is 9.18 Å². The summed E-state index contributed by atoms with van der Waals surface area (Å²) in [6.45, 7) is 1.89. The zero-order valence-electron chi connectivity index (χ0n) is 19.6. The Hall–Kier alpha value is -4.04. The monoisotopic (exact) mass is 508 g/mol. The van der Waals surface area contributed by atoms with Crippen molar-refractivity contribution in [3.8, 4) is 17.0 Å². The van der Waals surface area contributed by atoms with Crippen molar-refractivity contribution in [3.05, 3.63) is 101 Å². The fourth-order valence-corrected chi connectivity index (χ4v) is 3.75. The van der Waals surface area contributed by atoms with Gasteiger partial charge in [-0.15, -0.1) is 0 Å². The molecule has 0 saturated heterocycles. The highest BCUT2D eigenvalue weighted by molar-refractivity contribution is 6.29. The number of carbonyl (C=O) groups is 1. The molecular weight excluding hydrogens is 486 g/mol. The number of aromatic nitrogens is 2. The second-order valence-electron chi connectivity index (χ2n) is 8.10. The van der Waals surface area contributed by atoms with Crippen LogP contribution in [0.1, 0.15) is 24.1 Å². The fraction of sp³-hybridized carbons (Fsp3) is 0.148. The summed E-state index contributed by atoms with van der Waals surface area (Å²) in [6.07, 6.45) is 3.05. The molecule has 0 fully saturated rings. The molecule has 1 atom stereocenters. The van der Waals surface area contributed by atoms with Gasteiger partial charge in [-0.25, -0.2) is 18.7 Å². The summed E-state index contributed by atoms with van der Waals surface area (Å²) >= 11 is 5.81. The Bertz CT molecular complexity index is 1350. The first-order valence-corrected chi connectivity index (χ1v) is 11.5. The lowest BCUT2D eigenvalue weighted by molar-refractivity contribution is -0.115. The van der Waals surface area contributed by atoms with E-state index in [2.05, 4.69) is 20.6 Å². The van der Waals surface area contributed by atoms with Gasteiger partial charge in [0, 0.05) is 41.7 Å². The van der Waals surface area contributed by atoms with Gasteiger partial charge in [-0.2, -0.15) is 0 Å². The quantitative estimate of drug-likeness (QED) is 0.268. The molecule has 1 amide bonds. The Morgan fingerprint density at radius 2 is 1.78 bits per heavy atom. The van der Waals surface area contributed by atoms with Crippen LogP contribution in [0.25, 0.3) is 11.1 Å². The van der Waals surface area contributed by atoms with Crippen LogP contribution in [-0.4, -0.2) is 23.0 Å². The molecule has 0 saturated carbocycles. The molecular formula is C27H23ClF2N4O2. The second-order valence-corrected chi connectivity index (χ2v) is 8.49. The third-order valence-corrected chi connectivity index (χ3v) is 5.76. The summed E-state index contributed by atoms with van der Waals surface area (Å²) in [5.74, 6) is -0.824. The number of hydrogen-bond donors (Lipinski definition) is 2. The van der Waals surface area contributed by atoms with Crippen molar-refractivity contribution in [2.45, 2.75) is 19.4 Å². The average molecular weight is 509 g/mol. The lowest BCUT2D eigenvalue weighted by atomic mass is 10.0. The van der Waals surface area contributed by atoms with Crippen LogP contribution >= 0.6 is 11.6 Å². The molecule has 184 valence electrons. The molecule has 4 rings (SSSR count). The first-order valence-electron chi connectivity index (χ1n) is 11.1. The van der Waals surface area contributed by atoms with E-state index in [0.29, 0.717) is 33.4 Å². The van der Waals surface area contributed by atoms with Crippen molar-refractivity contribution in [1.82, 2.24) is 9.97 Å². The highest BCUT2D eigenvalue weighted by atomic mass is 35.5. The van der Waals surface area contributed by atoms with Crippen molar-refractivity contribution in [2.75, 3.05) is 17.7 Å². The number of nitrogens with one attached hydrogen (secondary N) is 2. The molecule has 0 aliphatic heterocycles. The predicted molar refractivity (Wildman–Crippen MR) is 136 cm³/mol. The van der Waals surface area contributed by atoms with Gasteiger partial charge in [0.25, 0.3) is 0 Å². The average Bonchev–Trinajstić information content (AvgIpc) is 2.87. The molecule has 36 heavy (non-hydrogen) atoms. The van der Waals surface area contributed by atoms with Crippen molar-refractivity contribution in [3.63, 3.8) is 0 Å². The summed E-state index contributed by atoms with van der Waals surface area (Å²) in [6, 6.07) is 15.3. The van der Waals surface area contributed by atoms with Gasteiger partial charge in [0.05, 0.1) is 24.9 Å². The van der Waals surface area contributed by atoms with Gasteiger partial charge in [0.15, 0.2) is 0 Å². The topological polar surface area (TPSA) is 76.1 Å². The standard InChI is InChI=1S/C27H23ClF2N4O2/c1-16(18-4-7-20(29)8-5-18)33-23-12-21(19-6-10-27(36-2)32-15-19)22(30)13-24(23)34-26(35)11-17-3-9-25(28)31-14-17/h3-10,12-16,33H,11H2,1-2H3,(H,34,35). The number of methoxy groups -OCH3 is 1. The number of pyridine rings is 2. The van der Waals surface area contributed by atoms with Crippen molar-refractivity contribution < 1.29 is 18.3 Å². The minimum atomic E-state index is -0.537. The van der Waals surface area contributed by atoms with Crippen LogP contribution < -0.4 is 15.4 Å². The molecule has 0 radical (unpaired) electrons. The minimum Gasteiger partial charge on any atom is -0.481 e. The van der Waals surface area contributed by atoms with Crippen LogP contribution in [0.2, 0.25) is 5.15 Å². The van der Waals surface area contributed by atoms with Gasteiger partial charge in [-0.1, -0.05) is 29.8 Å². The zero-order valence-corrected chi connectivity index (χ0v) is 20.3. The minimum absolute atomic E-state index is 0.0306. The molecule has 9 heteroatoms. The van der Waals surface area contributed by atoms with E-state index in [0.717, 1.165) is 5.56 Å². The fourth-order valence-electron chi connectivity index (χ4n) is 3.64. The Morgan fingerprint density at radius 1 is 1.00 bits per heavy atom. The molecule has 1 unspecified atom stereocenters. The normalized spacial score (nSPS) is 11.6. The molecule has 0 aliphatic rings. The number of carbonyl (C=O) groups excluding carboxylic acids is 1. The van der Waals surface area contributed by atoms with E-state index in [1.165, 1.54) is 37.7 Å². The number of ether oxygens (including phenoxy) is 1. The van der Waals surface area contributed by atoms with E-state index < -0.39 is 5.82 Å². The number of anilines is 2. The second kappa shape index (κ2) is 11.1. The molecule has 0 spiro atoms. The molecule has 2 aromatic heterocycles. The molecule has 0 aliphatic carbocycles. The smallest absolute Gasteiger partial charge is 0.228 e. The first-order chi connectivity index (χ1) is 17.3. The molecule has 2 heterocycles. The maximum absolute atomic E-state index is 15.2. The maximum Gasteiger partial charge on any atom is 0.228 e. The largest absolute Gasteiger partial charge is 0.481 e. The van der Waals surface area contributed by atoms with Crippen molar-refractivity contribution >= 4 is 28.9 Å². The van der Waals surface area contributed by atoms with Crippen molar-refractivity contribution in [2.24, 2.45) is 0 Å². The Labute approximate surface area is 212 Å². The van der Waals surface area contributed by atoms with Crippen LogP contribution in [0.4, 0.5) is 20.2 Å². The van der Waals surface area contributed by atoms with Gasteiger partial charge >= 0.3 is 0 Å². The van der Waals surface area contributed by atoms with E-state index >= 15 is 4.39 Å². The number of amides is 1. The molecule has 2 aromatic carbocycles. The van der Waals surface area contributed by atoms with Gasteiger partial charge in [0.2, 0.25) is 11.8 Å². The lowest BCUT2D eigenvalue weighted by Crippen LogP contribution is -2.17. The van der Waals surface area contributed by atoms with Crippen LogP contribution in [-0.2, 0) is 11.2 Å². The molecule has 2 N–H and O–H groups in total. The highest BCUT2D eigenvalue weighted by Gasteiger charge is 2.17. The Morgan fingerprint density at radius 3 is 2.42 bits per heavy atom. The van der Waals surface area contributed by atoms with E-state index in [1.807, 2.05) is 6.92 Å². The van der Waals surface area contributed by atoms with Gasteiger partial charge in [0.1, 0.15) is 16.8 Å². The summed E-state index contributed by atoms with van der Waals surface area (Å²) in [5, 5.41) is 6.41. The number of halogens is 3.